The highest BCUT2D eigenvalue weighted by molar-refractivity contribution is 5.81. The van der Waals surface area contributed by atoms with E-state index >= 15 is 0 Å². The van der Waals surface area contributed by atoms with Crippen LogP contribution in [-0.4, -0.2) is 44.0 Å². The maximum absolute atomic E-state index is 11.5. The van der Waals surface area contributed by atoms with Crippen molar-refractivity contribution in [3.8, 4) is 0 Å². The van der Waals surface area contributed by atoms with E-state index in [4.69, 9.17) is 9.47 Å². The summed E-state index contributed by atoms with van der Waals surface area (Å²) < 4.78 is 14.7. The number of nitrogens with one attached hydrogen (secondary N) is 1. The van der Waals surface area contributed by atoms with E-state index in [1.807, 2.05) is 0 Å². The quantitative estimate of drug-likeness (QED) is 0.441. The molecule has 0 spiro atoms. The Morgan fingerprint density at radius 2 is 2.00 bits per heavy atom. The van der Waals surface area contributed by atoms with Gasteiger partial charge in [-0.25, -0.2) is 9.59 Å². The van der Waals surface area contributed by atoms with Gasteiger partial charge in [-0.05, 0) is 20.8 Å². The van der Waals surface area contributed by atoms with Gasteiger partial charge in [0.25, 0.3) is 0 Å². The van der Waals surface area contributed by atoms with Gasteiger partial charge in [-0.1, -0.05) is 6.08 Å². The minimum Gasteiger partial charge on any atom is -0.467 e. The van der Waals surface area contributed by atoms with E-state index in [1.54, 1.807) is 26.8 Å². The molecule has 0 saturated carbocycles. The monoisotopic (exact) mass is 259 g/mol. The zero-order valence-corrected chi connectivity index (χ0v) is 11.3. The van der Waals surface area contributed by atoms with Gasteiger partial charge in [-0.2, -0.15) is 0 Å². The minimum absolute atomic E-state index is 0.00205. The van der Waals surface area contributed by atoms with Gasteiger partial charge in [0.15, 0.2) is 6.04 Å². The molecule has 1 amide bonds. The number of methoxy groups -OCH3 is 1. The van der Waals surface area contributed by atoms with Crippen LogP contribution in [-0.2, 0) is 19.0 Å². The first-order valence-electron chi connectivity index (χ1n) is 5.56. The van der Waals surface area contributed by atoms with Crippen molar-refractivity contribution in [1.29, 1.82) is 0 Å². The van der Waals surface area contributed by atoms with E-state index in [1.165, 1.54) is 7.11 Å². The van der Waals surface area contributed by atoms with Crippen molar-refractivity contribution < 1.29 is 23.8 Å². The Morgan fingerprint density at radius 1 is 1.39 bits per heavy atom. The Balaban J connectivity index is 4.35. The second-order valence-electron chi connectivity index (χ2n) is 4.55. The number of ether oxygens (including phenoxy) is 3. The Labute approximate surface area is 107 Å². The topological polar surface area (TPSA) is 73.9 Å². The lowest BCUT2D eigenvalue weighted by molar-refractivity contribution is -0.144. The zero-order valence-electron chi connectivity index (χ0n) is 11.3. The van der Waals surface area contributed by atoms with Crippen LogP contribution in [0.2, 0.25) is 0 Å². The van der Waals surface area contributed by atoms with Crippen LogP contribution >= 0.6 is 0 Å². The highest BCUT2D eigenvalue weighted by Crippen LogP contribution is 2.07. The van der Waals surface area contributed by atoms with Gasteiger partial charge in [0.1, 0.15) is 5.60 Å². The van der Waals surface area contributed by atoms with Crippen LogP contribution in [0.15, 0.2) is 12.7 Å². The van der Waals surface area contributed by atoms with Gasteiger partial charge in [-0.3, -0.25) is 0 Å². The molecule has 1 N–H and O–H groups in total. The van der Waals surface area contributed by atoms with Crippen LogP contribution in [0.5, 0.6) is 0 Å². The van der Waals surface area contributed by atoms with Crippen LogP contribution in [0.4, 0.5) is 4.79 Å². The molecule has 0 aromatic carbocycles. The molecule has 0 aliphatic heterocycles. The molecule has 0 rings (SSSR count). The van der Waals surface area contributed by atoms with Crippen LogP contribution in [0.25, 0.3) is 0 Å². The van der Waals surface area contributed by atoms with E-state index in [2.05, 4.69) is 16.6 Å². The Kier molecular flexibility index (Phi) is 7.04. The molecular weight excluding hydrogens is 238 g/mol. The summed E-state index contributed by atoms with van der Waals surface area (Å²) in [6, 6.07) is -0.898. The van der Waals surface area contributed by atoms with E-state index in [9.17, 15) is 9.59 Å². The third-order valence-corrected chi connectivity index (χ3v) is 1.70. The first kappa shape index (κ1) is 16.4. The van der Waals surface area contributed by atoms with E-state index in [0.29, 0.717) is 0 Å². The number of amides is 1. The molecule has 0 heterocycles. The summed E-state index contributed by atoms with van der Waals surface area (Å²) in [6.45, 7) is 8.95. The summed E-state index contributed by atoms with van der Waals surface area (Å²) in [4.78, 5) is 22.9. The third kappa shape index (κ3) is 7.67. The number of hydrogen-bond acceptors (Lipinski definition) is 5. The smallest absolute Gasteiger partial charge is 0.408 e. The number of carbonyl (C=O) groups is 2. The number of rotatable bonds is 6. The molecule has 0 aromatic heterocycles. The average molecular weight is 259 g/mol. The fourth-order valence-corrected chi connectivity index (χ4v) is 1.03. The first-order chi connectivity index (χ1) is 8.30. The van der Waals surface area contributed by atoms with Crippen molar-refractivity contribution in [1.82, 2.24) is 5.32 Å². The third-order valence-electron chi connectivity index (χ3n) is 1.70. The van der Waals surface area contributed by atoms with Gasteiger partial charge in [-0.15, -0.1) is 6.58 Å². The summed E-state index contributed by atoms with van der Waals surface area (Å²) >= 11 is 0. The summed E-state index contributed by atoms with van der Waals surface area (Å²) in [5, 5.41) is 2.39. The van der Waals surface area contributed by atoms with Gasteiger partial charge in [0.05, 0.1) is 20.3 Å². The second kappa shape index (κ2) is 7.71. The fraction of sp³-hybridized carbons (Fsp3) is 0.667. The zero-order chi connectivity index (χ0) is 14.2. The lowest BCUT2D eigenvalue weighted by Gasteiger charge is -2.22. The molecule has 6 nitrogen and oxygen atoms in total. The fourth-order valence-electron chi connectivity index (χ4n) is 1.03. The van der Waals surface area contributed by atoms with Crippen LogP contribution in [0.3, 0.4) is 0 Å². The SMILES string of the molecule is C=CCOC[C@H](NC(=O)OC(C)(C)C)C(=O)OC. The molecular formula is C12H21NO5. The van der Waals surface area contributed by atoms with Gasteiger partial charge >= 0.3 is 12.1 Å². The molecule has 18 heavy (non-hydrogen) atoms. The second-order valence-corrected chi connectivity index (χ2v) is 4.55. The number of alkyl carbamates (subject to hydrolysis) is 1. The van der Waals surface area contributed by atoms with Crippen molar-refractivity contribution in [2.45, 2.75) is 32.4 Å². The van der Waals surface area contributed by atoms with Crippen molar-refractivity contribution >= 4 is 12.1 Å². The van der Waals surface area contributed by atoms with Crippen LogP contribution < -0.4 is 5.32 Å². The van der Waals surface area contributed by atoms with Crippen molar-refractivity contribution in [2.24, 2.45) is 0 Å². The molecule has 6 heteroatoms. The minimum atomic E-state index is -0.898. The maximum Gasteiger partial charge on any atom is 0.408 e. The molecule has 0 fully saturated rings. The maximum atomic E-state index is 11.5. The lowest BCUT2D eigenvalue weighted by atomic mass is 10.2. The highest BCUT2D eigenvalue weighted by atomic mass is 16.6. The Morgan fingerprint density at radius 3 is 2.44 bits per heavy atom. The molecule has 0 aliphatic rings. The molecule has 0 unspecified atom stereocenters. The molecule has 0 aliphatic carbocycles. The summed E-state index contributed by atoms with van der Waals surface area (Å²) in [5.41, 5.74) is -0.632. The van der Waals surface area contributed by atoms with Crippen molar-refractivity contribution in [3.05, 3.63) is 12.7 Å². The van der Waals surface area contributed by atoms with Gasteiger partial charge in [0.2, 0.25) is 0 Å². The molecule has 0 radical (unpaired) electrons. The van der Waals surface area contributed by atoms with E-state index < -0.39 is 23.7 Å². The Hall–Kier alpha value is -1.56. The predicted molar refractivity (Wildman–Crippen MR) is 66.2 cm³/mol. The van der Waals surface area contributed by atoms with Crippen molar-refractivity contribution in [2.75, 3.05) is 20.3 Å². The number of hydrogen-bond donors (Lipinski definition) is 1. The Bertz CT molecular complexity index is 295. The lowest BCUT2D eigenvalue weighted by Crippen LogP contribution is -2.46. The van der Waals surface area contributed by atoms with Gasteiger partial charge in [0, 0.05) is 0 Å². The predicted octanol–water partition coefficient (Wildman–Crippen LogP) is 1.26. The summed E-state index contributed by atoms with van der Waals surface area (Å²) in [7, 11) is 1.24. The molecule has 104 valence electrons. The number of esters is 1. The van der Waals surface area contributed by atoms with Crippen molar-refractivity contribution in [3.63, 3.8) is 0 Å². The molecule has 0 aromatic rings. The highest BCUT2D eigenvalue weighted by Gasteiger charge is 2.24. The summed E-state index contributed by atoms with van der Waals surface area (Å²) in [5.74, 6) is -0.593. The van der Waals surface area contributed by atoms with Gasteiger partial charge < -0.3 is 19.5 Å². The average Bonchev–Trinajstić information content (AvgIpc) is 2.24. The van der Waals surface area contributed by atoms with Crippen LogP contribution in [0.1, 0.15) is 20.8 Å². The summed E-state index contributed by atoms with van der Waals surface area (Å²) in [6.07, 6.45) is 0.849. The standard InChI is InChI=1S/C12H21NO5/c1-6-7-17-8-9(10(14)16-5)13-11(15)18-12(2,3)4/h6,9H,1,7-8H2,2-5H3,(H,13,15)/t9-/m0/s1. The van der Waals surface area contributed by atoms with E-state index in [-0.39, 0.29) is 13.2 Å². The normalized spacial score (nSPS) is 12.4. The molecule has 0 bridgehead atoms. The van der Waals surface area contributed by atoms with Crippen LogP contribution in [0, 0.1) is 0 Å². The largest absolute Gasteiger partial charge is 0.467 e. The number of carbonyl (C=O) groups excluding carboxylic acids is 2. The first-order valence-corrected chi connectivity index (χ1v) is 5.56. The molecule has 1 atom stereocenters. The molecule has 0 saturated heterocycles. The van der Waals surface area contributed by atoms with E-state index in [0.717, 1.165) is 0 Å².